The van der Waals surface area contributed by atoms with Crippen molar-refractivity contribution in [3.63, 3.8) is 0 Å². The molecule has 1 aliphatic heterocycles. The Bertz CT molecular complexity index is 841. The second kappa shape index (κ2) is 9.17. The van der Waals surface area contributed by atoms with Gasteiger partial charge in [-0.15, -0.1) is 0 Å². The first-order valence-corrected chi connectivity index (χ1v) is 11.2. The molecule has 0 bridgehead atoms. The highest BCUT2D eigenvalue weighted by atomic mass is 16.5. The van der Waals surface area contributed by atoms with Crippen LogP contribution >= 0.6 is 0 Å². The summed E-state index contributed by atoms with van der Waals surface area (Å²) >= 11 is 0. The predicted molar refractivity (Wildman–Crippen MR) is 116 cm³/mol. The van der Waals surface area contributed by atoms with Crippen molar-refractivity contribution in [3.05, 3.63) is 42.0 Å². The monoisotopic (exact) mass is 395 g/mol. The van der Waals surface area contributed by atoms with Gasteiger partial charge in [0.05, 0.1) is 18.6 Å². The van der Waals surface area contributed by atoms with Crippen LogP contribution in [0.15, 0.2) is 36.4 Å². The molecule has 2 atom stereocenters. The SMILES string of the molecule is CCOC(=O)C1CCN(Cc2ccc3cc(OC4CCC(C)C4)ccc3c2)CC1. The van der Waals surface area contributed by atoms with Gasteiger partial charge in [-0.05, 0) is 92.6 Å². The Morgan fingerprint density at radius 3 is 2.52 bits per heavy atom. The Labute approximate surface area is 174 Å². The minimum atomic E-state index is -0.0251. The number of hydrogen-bond acceptors (Lipinski definition) is 4. The number of nitrogens with zero attached hydrogens (tertiary/aromatic N) is 1. The predicted octanol–water partition coefficient (Wildman–Crippen LogP) is 5.18. The van der Waals surface area contributed by atoms with Crippen molar-refractivity contribution in [2.24, 2.45) is 11.8 Å². The van der Waals surface area contributed by atoms with Crippen LogP contribution in [0.1, 0.15) is 51.5 Å². The highest BCUT2D eigenvalue weighted by Crippen LogP contribution is 2.30. The van der Waals surface area contributed by atoms with Crippen LogP contribution in [0, 0.1) is 11.8 Å². The summed E-state index contributed by atoms with van der Waals surface area (Å²) in [5.41, 5.74) is 1.32. The zero-order valence-electron chi connectivity index (χ0n) is 17.7. The lowest BCUT2D eigenvalue weighted by atomic mass is 9.96. The molecule has 2 fully saturated rings. The molecule has 4 nitrogen and oxygen atoms in total. The van der Waals surface area contributed by atoms with Crippen LogP contribution in [0.4, 0.5) is 0 Å². The third-order valence-electron chi connectivity index (χ3n) is 6.44. The van der Waals surface area contributed by atoms with Crippen molar-refractivity contribution in [1.29, 1.82) is 0 Å². The van der Waals surface area contributed by atoms with E-state index < -0.39 is 0 Å². The molecule has 156 valence electrons. The fraction of sp³-hybridized carbons (Fsp3) is 0.560. The van der Waals surface area contributed by atoms with Gasteiger partial charge >= 0.3 is 5.97 Å². The van der Waals surface area contributed by atoms with Crippen LogP contribution in [0.5, 0.6) is 5.75 Å². The van der Waals surface area contributed by atoms with Gasteiger partial charge in [-0.1, -0.05) is 25.1 Å². The maximum absolute atomic E-state index is 11.9. The van der Waals surface area contributed by atoms with Crippen LogP contribution in [0.25, 0.3) is 10.8 Å². The molecule has 0 spiro atoms. The number of carbonyl (C=O) groups excluding carboxylic acids is 1. The number of fused-ring (bicyclic) bond motifs is 1. The fourth-order valence-electron chi connectivity index (χ4n) is 4.74. The topological polar surface area (TPSA) is 38.8 Å². The maximum atomic E-state index is 11.9. The number of carbonyl (C=O) groups is 1. The molecule has 1 aliphatic carbocycles. The number of esters is 1. The van der Waals surface area contributed by atoms with Gasteiger partial charge in [0.25, 0.3) is 0 Å². The molecule has 2 aliphatic rings. The molecule has 4 heteroatoms. The number of piperidine rings is 1. The molecule has 4 rings (SSSR count). The molecule has 1 heterocycles. The van der Waals surface area contributed by atoms with Crippen LogP contribution in [-0.2, 0) is 16.1 Å². The summed E-state index contributed by atoms with van der Waals surface area (Å²) < 4.78 is 11.4. The summed E-state index contributed by atoms with van der Waals surface area (Å²) in [5.74, 6) is 1.82. The van der Waals surface area contributed by atoms with E-state index in [1.165, 1.54) is 35.6 Å². The van der Waals surface area contributed by atoms with Gasteiger partial charge in [-0.25, -0.2) is 0 Å². The van der Waals surface area contributed by atoms with Gasteiger partial charge in [0.15, 0.2) is 0 Å². The lowest BCUT2D eigenvalue weighted by Crippen LogP contribution is -2.36. The van der Waals surface area contributed by atoms with Gasteiger partial charge in [0.1, 0.15) is 5.75 Å². The Morgan fingerprint density at radius 1 is 1.03 bits per heavy atom. The van der Waals surface area contributed by atoms with Crippen LogP contribution in [0.3, 0.4) is 0 Å². The molecular weight excluding hydrogens is 362 g/mol. The minimum absolute atomic E-state index is 0.0251. The van der Waals surface area contributed by atoms with Crippen molar-refractivity contribution < 1.29 is 14.3 Å². The fourth-order valence-corrected chi connectivity index (χ4v) is 4.74. The summed E-state index contributed by atoms with van der Waals surface area (Å²) in [4.78, 5) is 14.4. The van der Waals surface area contributed by atoms with E-state index in [1.54, 1.807) is 0 Å². The molecule has 0 N–H and O–H groups in total. The van der Waals surface area contributed by atoms with Crippen molar-refractivity contribution in [1.82, 2.24) is 4.90 Å². The third kappa shape index (κ3) is 5.11. The Balaban J connectivity index is 1.34. The van der Waals surface area contributed by atoms with Crippen LogP contribution < -0.4 is 4.74 Å². The summed E-state index contributed by atoms with van der Waals surface area (Å²) in [7, 11) is 0. The van der Waals surface area contributed by atoms with Gasteiger partial charge in [0, 0.05) is 6.54 Å². The van der Waals surface area contributed by atoms with E-state index in [0.717, 1.165) is 44.1 Å². The van der Waals surface area contributed by atoms with Gasteiger partial charge < -0.3 is 9.47 Å². The Kier molecular flexibility index (Phi) is 6.39. The van der Waals surface area contributed by atoms with Crippen molar-refractivity contribution in [2.45, 2.75) is 58.6 Å². The summed E-state index contributed by atoms with van der Waals surface area (Å²) in [6.45, 7) is 7.50. The molecule has 1 saturated carbocycles. The van der Waals surface area contributed by atoms with Crippen LogP contribution in [-0.4, -0.2) is 36.7 Å². The lowest BCUT2D eigenvalue weighted by molar-refractivity contribution is -0.149. The molecule has 0 radical (unpaired) electrons. The lowest BCUT2D eigenvalue weighted by Gasteiger charge is -2.30. The standard InChI is InChI=1S/C25H33NO3/c1-3-28-25(27)20-10-12-26(13-11-20)17-19-5-6-22-16-24(9-7-21(22)15-19)29-23-8-4-18(2)14-23/h5-7,9,15-16,18,20,23H,3-4,8,10-14,17H2,1-2H3. The van der Waals surface area contributed by atoms with Crippen molar-refractivity contribution in [3.8, 4) is 5.75 Å². The van der Waals surface area contributed by atoms with E-state index in [1.807, 2.05) is 6.92 Å². The average molecular weight is 396 g/mol. The van der Waals surface area contributed by atoms with E-state index in [9.17, 15) is 4.79 Å². The van der Waals surface area contributed by atoms with Gasteiger partial charge in [-0.2, -0.15) is 0 Å². The molecule has 2 unspecified atom stereocenters. The number of rotatable bonds is 6. The molecular formula is C25H33NO3. The quantitative estimate of drug-likeness (QED) is 0.632. The molecule has 29 heavy (non-hydrogen) atoms. The minimum Gasteiger partial charge on any atom is -0.490 e. The molecule has 0 aromatic heterocycles. The first-order chi connectivity index (χ1) is 14.1. The number of likely N-dealkylation sites (tertiary alicyclic amines) is 1. The zero-order valence-corrected chi connectivity index (χ0v) is 17.7. The second-order valence-electron chi connectivity index (χ2n) is 8.80. The van der Waals surface area contributed by atoms with E-state index in [0.29, 0.717) is 12.7 Å². The summed E-state index contributed by atoms with van der Waals surface area (Å²) in [6.07, 6.45) is 5.78. The van der Waals surface area contributed by atoms with E-state index in [2.05, 4.69) is 48.2 Å². The Hall–Kier alpha value is -2.07. The molecule has 1 saturated heterocycles. The normalized spacial score (nSPS) is 23.4. The summed E-state index contributed by atoms with van der Waals surface area (Å²) in [5, 5.41) is 2.49. The maximum Gasteiger partial charge on any atom is 0.309 e. The molecule has 2 aromatic rings. The van der Waals surface area contributed by atoms with E-state index in [4.69, 9.17) is 9.47 Å². The van der Waals surface area contributed by atoms with Gasteiger partial charge in [-0.3, -0.25) is 9.69 Å². The first kappa shape index (κ1) is 20.2. The second-order valence-corrected chi connectivity index (χ2v) is 8.80. The first-order valence-electron chi connectivity index (χ1n) is 11.2. The molecule has 0 amide bonds. The smallest absolute Gasteiger partial charge is 0.309 e. The average Bonchev–Trinajstić information content (AvgIpc) is 3.13. The van der Waals surface area contributed by atoms with E-state index >= 15 is 0 Å². The van der Waals surface area contributed by atoms with Crippen molar-refractivity contribution >= 4 is 16.7 Å². The van der Waals surface area contributed by atoms with Crippen molar-refractivity contribution in [2.75, 3.05) is 19.7 Å². The zero-order chi connectivity index (χ0) is 20.2. The third-order valence-corrected chi connectivity index (χ3v) is 6.44. The number of hydrogen-bond donors (Lipinski definition) is 0. The number of benzene rings is 2. The largest absolute Gasteiger partial charge is 0.490 e. The number of ether oxygens (including phenoxy) is 2. The highest BCUT2D eigenvalue weighted by molar-refractivity contribution is 5.84. The van der Waals surface area contributed by atoms with Gasteiger partial charge in [0.2, 0.25) is 0 Å². The van der Waals surface area contributed by atoms with E-state index in [-0.39, 0.29) is 11.9 Å². The highest BCUT2D eigenvalue weighted by Gasteiger charge is 2.26. The molecule has 2 aromatic carbocycles. The van der Waals surface area contributed by atoms with Crippen LogP contribution in [0.2, 0.25) is 0 Å². The Morgan fingerprint density at radius 2 is 1.79 bits per heavy atom. The summed E-state index contributed by atoms with van der Waals surface area (Å²) in [6, 6.07) is 13.2.